The van der Waals surface area contributed by atoms with Crippen molar-refractivity contribution >= 4 is 23.6 Å². The molecule has 0 saturated heterocycles. The summed E-state index contributed by atoms with van der Waals surface area (Å²) in [6.07, 6.45) is 1.82. The van der Waals surface area contributed by atoms with Crippen molar-refractivity contribution in [3.05, 3.63) is 66.2 Å². The van der Waals surface area contributed by atoms with E-state index < -0.39 is 0 Å². The number of carbonyl (C=O) groups is 1. The number of esters is 1. The van der Waals surface area contributed by atoms with Gasteiger partial charge in [-0.1, -0.05) is 6.58 Å². The summed E-state index contributed by atoms with van der Waals surface area (Å²) < 4.78 is 10.3. The molecule has 2 aromatic rings. The van der Waals surface area contributed by atoms with Gasteiger partial charge in [0.15, 0.2) is 0 Å². The first-order chi connectivity index (χ1) is 13.0. The standard InChI is InChI=1S/C22H26N2O3/c1-5-24(14-15-27-22(25)17(2)3)20-10-8-19(9-11-20)23-16-18-6-12-21(26-4)13-7-18/h6-13,16H,2,5,14-15H2,1,3-4H3. The van der Waals surface area contributed by atoms with Crippen LogP contribution in [0, 0.1) is 0 Å². The van der Waals surface area contributed by atoms with Crippen LogP contribution in [0.2, 0.25) is 0 Å². The molecule has 0 saturated carbocycles. The molecule has 0 radical (unpaired) electrons. The van der Waals surface area contributed by atoms with Crippen molar-refractivity contribution in [2.75, 3.05) is 31.7 Å². The van der Waals surface area contributed by atoms with Gasteiger partial charge in [0.2, 0.25) is 0 Å². The van der Waals surface area contributed by atoms with Crippen molar-refractivity contribution in [1.82, 2.24) is 0 Å². The molecule has 0 aromatic heterocycles. The zero-order valence-electron chi connectivity index (χ0n) is 16.1. The van der Waals surface area contributed by atoms with E-state index in [-0.39, 0.29) is 5.97 Å². The SMILES string of the molecule is C=C(C)C(=O)OCCN(CC)c1ccc(N=Cc2ccc(OC)cc2)cc1. The van der Waals surface area contributed by atoms with E-state index in [0.717, 1.165) is 29.2 Å². The third-order valence-corrected chi connectivity index (χ3v) is 4.02. The van der Waals surface area contributed by atoms with Crippen molar-refractivity contribution in [3.63, 3.8) is 0 Å². The summed E-state index contributed by atoms with van der Waals surface area (Å²) in [5.74, 6) is 0.472. The first kappa shape index (κ1) is 20.2. The van der Waals surface area contributed by atoms with Crippen molar-refractivity contribution < 1.29 is 14.3 Å². The van der Waals surface area contributed by atoms with Gasteiger partial charge in [0.05, 0.1) is 19.3 Å². The monoisotopic (exact) mass is 366 g/mol. The van der Waals surface area contributed by atoms with Gasteiger partial charge in [0, 0.05) is 24.0 Å². The summed E-state index contributed by atoms with van der Waals surface area (Å²) in [7, 11) is 1.65. The molecule has 0 unspecified atom stereocenters. The van der Waals surface area contributed by atoms with Crippen LogP contribution in [-0.4, -0.2) is 39.0 Å². The van der Waals surface area contributed by atoms with E-state index in [1.807, 2.05) is 54.7 Å². The number of carbonyl (C=O) groups excluding carboxylic acids is 1. The minimum atomic E-state index is -0.353. The number of benzene rings is 2. The molecule has 27 heavy (non-hydrogen) atoms. The van der Waals surface area contributed by atoms with Crippen molar-refractivity contribution in [1.29, 1.82) is 0 Å². The Kier molecular flexibility index (Phi) is 7.62. The van der Waals surface area contributed by atoms with Crippen molar-refractivity contribution in [2.24, 2.45) is 4.99 Å². The zero-order valence-corrected chi connectivity index (χ0v) is 16.1. The van der Waals surface area contributed by atoms with Crippen LogP contribution in [-0.2, 0) is 9.53 Å². The van der Waals surface area contributed by atoms with E-state index >= 15 is 0 Å². The van der Waals surface area contributed by atoms with Gasteiger partial charge < -0.3 is 14.4 Å². The van der Waals surface area contributed by atoms with Gasteiger partial charge in [-0.25, -0.2) is 4.79 Å². The van der Waals surface area contributed by atoms with E-state index in [1.54, 1.807) is 14.0 Å². The largest absolute Gasteiger partial charge is 0.497 e. The Bertz CT molecular complexity index is 780. The molecule has 0 bridgehead atoms. The van der Waals surface area contributed by atoms with Crippen LogP contribution in [0.3, 0.4) is 0 Å². The van der Waals surface area contributed by atoms with Crippen molar-refractivity contribution in [3.8, 4) is 5.75 Å². The van der Waals surface area contributed by atoms with Gasteiger partial charge in [0.25, 0.3) is 0 Å². The number of rotatable bonds is 9. The van der Waals surface area contributed by atoms with E-state index in [0.29, 0.717) is 18.7 Å². The minimum absolute atomic E-state index is 0.330. The molecule has 0 aliphatic rings. The Morgan fingerprint density at radius 2 is 1.81 bits per heavy atom. The Morgan fingerprint density at radius 3 is 2.37 bits per heavy atom. The normalized spacial score (nSPS) is 10.6. The fourth-order valence-electron chi connectivity index (χ4n) is 2.43. The van der Waals surface area contributed by atoms with Crippen LogP contribution in [0.25, 0.3) is 0 Å². The third-order valence-electron chi connectivity index (χ3n) is 4.02. The van der Waals surface area contributed by atoms with E-state index in [1.165, 1.54) is 0 Å². The summed E-state index contributed by atoms with van der Waals surface area (Å²) in [6.45, 7) is 9.07. The number of ether oxygens (including phenoxy) is 2. The number of aliphatic imine (C=N–C) groups is 1. The topological polar surface area (TPSA) is 51.1 Å². The van der Waals surface area contributed by atoms with Crippen LogP contribution in [0.1, 0.15) is 19.4 Å². The van der Waals surface area contributed by atoms with E-state index in [9.17, 15) is 4.79 Å². The van der Waals surface area contributed by atoms with Gasteiger partial charge in [-0.05, 0) is 67.9 Å². The highest BCUT2D eigenvalue weighted by atomic mass is 16.5. The zero-order chi connectivity index (χ0) is 19.6. The van der Waals surface area contributed by atoms with Crippen LogP contribution in [0.4, 0.5) is 11.4 Å². The molecule has 0 atom stereocenters. The summed E-state index contributed by atoms with van der Waals surface area (Å²) in [6, 6.07) is 15.7. The number of likely N-dealkylation sites (N-methyl/N-ethyl adjacent to an activating group) is 1. The molecule has 2 aromatic carbocycles. The molecule has 0 N–H and O–H groups in total. The predicted molar refractivity (Wildman–Crippen MR) is 110 cm³/mol. The molecule has 5 heteroatoms. The fraction of sp³-hybridized carbons (Fsp3) is 0.273. The lowest BCUT2D eigenvalue weighted by Gasteiger charge is -2.23. The highest BCUT2D eigenvalue weighted by Crippen LogP contribution is 2.20. The highest BCUT2D eigenvalue weighted by Gasteiger charge is 2.07. The molecule has 0 spiro atoms. The van der Waals surface area contributed by atoms with Gasteiger partial charge in [0.1, 0.15) is 12.4 Å². The quantitative estimate of drug-likeness (QED) is 0.375. The second kappa shape index (κ2) is 10.2. The first-order valence-electron chi connectivity index (χ1n) is 8.89. The summed E-state index contributed by atoms with van der Waals surface area (Å²) in [4.78, 5) is 18.1. The second-order valence-electron chi connectivity index (χ2n) is 6.04. The van der Waals surface area contributed by atoms with Crippen molar-refractivity contribution in [2.45, 2.75) is 13.8 Å². The van der Waals surface area contributed by atoms with Gasteiger partial charge in [-0.2, -0.15) is 0 Å². The molecule has 5 nitrogen and oxygen atoms in total. The number of nitrogens with zero attached hydrogens (tertiary/aromatic N) is 2. The fourth-order valence-corrected chi connectivity index (χ4v) is 2.43. The van der Waals surface area contributed by atoms with Gasteiger partial charge in [-0.3, -0.25) is 4.99 Å². The Labute approximate surface area is 160 Å². The number of anilines is 1. The lowest BCUT2D eigenvalue weighted by molar-refractivity contribution is -0.138. The Hall–Kier alpha value is -3.08. The lowest BCUT2D eigenvalue weighted by Crippen LogP contribution is -2.28. The van der Waals surface area contributed by atoms with Crippen LogP contribution < -0.4 is 9.64 Å². The molecule has 0 heterocycles. The Balaban J connectivity index is 1.94. The summed E-state index contributed by atoms with van der Waals surface area (Å²) >= 11 is 0. The maximum atomic E-state index is 11.5. The highest BCUT2D eigenvalue weighted by molar-refractivity contribution is 5.87. The number of hydrogen-bond donors (Lipinski definition) is 0. The Morgan fingerprint density at radius 1 is 1.15 bits per heavy atom. The van der Waals surface area contributed by atoms with Gasteiger partial charge >= 0.3 is 5.97 Å². The molecular formula is C22H26N2O3. The molecule has 2 rings (SSSR count). The molecule has 0 aliphatic carbocycles. The van der Waals surface area contributed by atoms with Crippen LogP contribution >= 0.6 is 0 Å². The number of methoxy groups -OCH3 is 1. The smallest absolute Gasteiger partial charge is 0.333 e. The van der Waals surface area contributed by atoms with Crippen LogP contribution in [0.15, 0.2) is 65.7 Å². The molecule has 0 fully saturated rings. The summed E-state index contributed by atoms with van der Waals surface area (Å²) in [5.41, 5.74) is 3.36. The maximum absolute atomic E-state index is 11.5. The molecular weight excluding hydrogens is 340 g/mol. The average Bonchev–Trinajstić information content (AvgIpc) is 2.70. The minimum Gasteiger partial charge on any atom is -0.497 e. The summed E-state index contributed by atoms with van der Waals surface area (Å²) in [5, 5.41) is 0. The van der Waals surface area contributed by atoms with Gasteiger partial charge in [-0.15, -0.1) is 0 Å². The maximum Gasteiger partial charge on any atom is 0.333 e. The predicted octanol–water partition coefficient (Wildman–Crippen LogP) is 4.39. The average molecular weight is 366 g/mol. The second-order valence-corrected chi connectivity index (χ2v) is 6.04. The van der Waals surface area contributed by atoms with E-state index in [2.05, 4.69) is 23.4 Å². The molecule has 0 aliphatic heterocycles. The van der Waals surface area contributed by atoms with E-state index in [4.69, 9.17) is 9.47 Å². The lowest BCUT2D eigenvalue weighted by atomic mass is 10.2. The molecule has 142 valence electrons. The van der Waals surface area contributed by atoms with Crippen LogP contribution in [0.5, 0.6) is 5.75 Å². The first-order valence-corrected chi connectivity index (χ1v) is 8.89. The number of hydrogen-bond acceptors (Lipinski definition) is 5. The third kappa shape index (κ3) is 6.29. The molecule has 0 amide bonds.